The molecule has 3 atom stereocenters. The molecule has 4 rings (SSSR count). The summed E-state index contributed by atoms with van der Waals surface area (Å²) in [5.41, 5.74) is 0.648. The van der Waals surface area contributed by atoms with Crippen LogP contribution in [0.5, 0.6) is 5.75 Å². The van der Waals surface area contributed by atoms with Crippen LogP contribution >= 0.6 is 0 Å². The van der Waals surface area contributed by atoms with E-state index >= 15 is 0 Å². The molecule has 1 heterocycles. The number of aldehydes is 1. The maximum atomic E-state index is 14.1. The molecular formula is C26H31NO5. The predicted molar refractivity (Wildman–Crippen MR) is 120 cm³/mol. The van der Waals surface area contributed by atoms with Crippen molar-refractivity contribution in [1.82, 2.24) is 4.90 Å². The van der Waals surface area contributed by atoms with Crippen molar-refractivity contribution < 1.29 is 24.2 Å². The van der Waals surface area contributed by atoms with Crippen molar-refractivity contribution in [3.05, 3.63) is 65.7 Å². The Hall–Kier alpha value is -2.70. The van der Waals surface area contributed by atoms with E-state index in [4.69, 9.17) is 9.47 Å². The van der Waals surface area contributed by atoms with Crippen LogP contribution in [0.15, 0.2) is 54.6 Å². The summed E-state index contributed by atoms with van der Waals surface area (Å²) in [6.07, 6.45) is 4.23. The first-order chi connectivity index (χ1) is 15.6. The van der Waals surface area contributed by atoms with Crippen LogP contribution in [0.2, 0.25) is 0 Å². The van der Waals surface area contributed by atoms with E-state index in [1.165, 1.54) is 0 Å². The molecule has 0 aromatic heterocycles. The highest BCUT2D eigenvalue weighted by Gasteiger charge is 2.49. The molecule has 2 aliphatic rings. The number of hydrogen-bond acceptors (Lipinski definition) is 5. The molecule has 6 nitrogen and oxygen atoms in total. The molecule has 2 fully saturated rings. The number of methoxy groups -OCH3 is 1. The van der Waals surface area contributed by atoms with Crippen molar-refractivity contribution in [2.45, 2.75) is 62.3 Å². The van der Waals surface area contributed by atoms with Crippen LogP contribution in [-0.4, -0.2) is 53.8 Å². The summed E-state index contributed by atoms with van der Waals surface area (Å²) in [5, 5.41) is 11.7. The minimum absolute atomic E-state index is 0.255. The molecule has 2 aromatic rings. The van der Waals surface area contributed by atoms with Gasteiger partial charge in [-0.1, -0.05) is 61.7 Å². The lowest BCUT2D eigenvalue weighted by Gasteiger charge is -2.41. The summed E-state index contributed by atoms with van der Waals surface area (Å²) in [7, 11) is 1.59. The largest absolute Gasteiger partial charge is 0.497 e. The number of benzene rings is 2. The van der Waals surface area contributed by atoms with E-state index < -0.39 is 17.7 Å². The highest BCUT2D eigenvalue weighted by molar-refractivity contribution is 5.88. The van der Waals surface area contributed by atoms with Gasteiger partial charge in [0.1, 0.15) is 5.75 Å². The summed E-state index contributed by atoms with van der Waals surface area (Å²) in [6.45, 7) is 0.289. The van der Waals surface area contributed by atoms with Gasteiger partial charge in [0.25, 0.3) is 0 Å². The van der Waals surface area contributed by atoms with Gasteiger partial charge in [0.05, 0.1) is 31.3 Å². The maximum absolute atomic E-state index is 14.1. The standard InChI is InChI=1S/C26H31NO5/c1-31-22-12-10-20(11-13-22)24(26(30)14-6-3-7-15-26)25(29)27-21(18-32-23(27)17-28)16-19-8-4-2-5-9-19/h2,4-5,8-13,17,21,23-24,30H,3,6-7,14-16,18H2,1H3/t21-,23?,24-/m0/s1. The fraction of sp³-hybridized carbons (Fsp3) is 0.462. The fourth-order valence-electron chi connectivity index (χ4n) is 5.11. The second-order valence-electron chi connectivity index (χ2n) is 8.82. The number of ether oxygens (including phenoxy) is 2. The van der Waals surface area contributed by atoms with Gasteiger partial charge in [-0.3, -0.25) is 9.59 Å². The molecule has 1 N–H and O–H groups in total. The first-order valence-electron chi connectivity index (χ1n) is 11.3. The Kier molecular flexibility index (Phi) is 6.92. The maximum Gasteiger partial charge on any atom is 0.235 e. The number of rotatable bonds is 7. The summed E-state index contributed by atoms with van der Waals surface area (Å²) in [4.78, 5) is 27.4. The third-order valence-corrected chi connectivity index (χ3v) is 6.76. The molecule has 0 spiro atoms. The molecular weight excluding hydrogens is 406 g/mol. The van der Waals surface area contributed by atoms with Gasteiger partial charge in [0.2, 0.25) is 5.91 Å². The summed E-state index contributed by atoms with van der Waals surface area (Å²) >= 11 is 0. The third-order valence-electron chi connectivity index (χ3n) is 6.76. The average molecular weight is 438 g/mol. The van der Waals surface area contributed by atoms with Crippen molar-refractivity contribution in [2.75, 3.05) is 13.7 Å². The number of amides is 1. The number of carbonyl (C=O) groups is 2. The Balaban J connectivity index is 1.69. The molecule has 1 saturated carbocycles. The Morgan fingerprint density at radius 2 is 1.84 bits per heavy atom. The van der Waals surface area contributed by atoms with Crippen LogP contribution in [0, 0.1) is 0 Å². The van der Waals surface area contributed by atoms with Gasteiger partial charge in [-0.25, -0.2) is 0 Å². The summed E-state index contributed by atoms with van der Waals surface area (Å²) in [6, 6.07) is 16.9. The number of aliphatic hydroxyl groups is 1. The second-order valence-corrected chi connectivity index (χ2v) is 8.82. The molecule has 1 saturated heterocycles. The molecule has 32 heavy (non-hydrogen) atoms. The van der Waals surface area contributed by atoms with Crippen molar-refractivity contribution in [2.24, 2.45) is 0 Å². The molecule has 0 radical (unpaired) electrons. The van der Waals surface area contributed by atoms with Gasteiger partial charge in [-0.2, -0.15) is 0 Å². The first kappa shape index (κ1) is 22.5. The van der Waals surface area contributed by atoms with Gasteiger partial charge in [-0.15, -0.1) is 0 Å². The quantitative estimate of drug-likeness (QED) is 0.672. The minimum atomic E-state index is -1.16. The fourth-order valence-corrected chi connectivity index (χ4v) is 5.11. The average Bonchev–Trinajstić information content (AvgIpc) is 3.23. The van der Waals surface area contributed by atoms with Crippen molar-refractivity contribution >= 4 is 12.2 Å². The van der Waals surface area contributed by atoms with Gasteiger partial charge in [0, 0.05) is 0 Å². The minimum Gasteiger partial charge on any atom is -0.497 e. The van der Waals surface area contributed by atoms with E-state index in [1.54, 1.807) is 24.1 Å². The van der Waals surface area contributed by atoms with Crippen LogP contribution in [0.1, 0.15) is 49.1 Å². The van der Waals surface area contributed by atoms with Gasteiger partial charge < -0.3 is 19.5 Å². The monoisotopic (exact) mass is 437 g/mol. The highest BCUT2D eigenvalue weighted by Crippen LogP contribution is 2.42. The van der Waals surface area contributed by atoms with Gasteiger partial charge in [0.15, 0.2) is 12.5 Å². The molecule has 1 aliphatic carbocycles. The van der Waals surface area contributed by atoms with Gasteiger partial charge >= 0.3 is 0 Å². The predicted octanol–water partition coefficient (Wildman–Crippen LogP) is 3.47. The molecule has 1 unspecified atom stereocenters. The molecule has 170 valence electrons. The van der Waals surface area contributed by atoms with E-state index in [-0.39, 0.29) is 18.6 Å². The zero-order chi connectivity index (χ0) is 22.6. The van der Waals surface area contributed by atoms with E-state index in [9.17, 15) is 14.7 Å². The van der Waals surface area contributed by atoms with Crippen LogP contribution in [0.25, 0.3) is 0 Å². The first-order valence-corrected chi connectivity index (χ1v) is 11.3. The molecule has 1 amide bonds. The molecule has 2 aromatic carbocycles. The SMILES string of the molecule is COc1ccc([C@@H](C(=O)N2C(C=O)OC[C@@H]2Cc2ccccc2)C2(O)CCCCC2)cc1. The highest BCUT2D eigenvalue weighted by atomic mass is 16.5. The van der Waals surface area contributed by atoms with Gasteiger partial charge in [-0.05, 0) is 42.5 Å². The van der Waals surface area contributed by atoms with E-state index in [2.05, 4.69) is 0 Å². The Bertz CT molecular complexity index is 908. The lowest BCUT2D eigenvalue weighted by molar-refractivity contribution is -0.151. The second kappa shape index (κ2) is 9.84. The topological polar surface area (TPSA) is 76.1 Å². The smallest absolute Gasteiger partial charge is 0.235 e. The normalized spacial score (nSPS) is 23.5. The van der Waals surface area contributed by atoms with E-state index in [1.807, 2.05) is 42.5 Å². The summed E-state index contributed by atoms with van der Waals surface area (Å²) < 4.78 is 11.0. The Morgan fingerprint density at radius 1 is 1.16 bits per heavy atom. The lowest BCUT2D eigenvalue weighted by atomic mass is 9.72. The molecule has 0 bridgehead atoms. The third kappa shape index (κ3) is 4.57. The van der Waals surface area contributed by atoms with Crippen molar-refractivity contribution in [3.8, 4) is 5.75 Å². The van der Waals surface area contributed by atoms with Crippen molar-refractivity contribution in [1.29, 1.82) is 0 Å². The zero-order valence-corrected chi connectivity index (χ0v) is 18.5. The van der Waals surface area contributed by atoms with Crippen LogP contribution in [0.3, 0.4) is 0 Å². The number of carbonyl (C=O) groups excluding carboxylic acids is 2. The van der Waals surface area contributed by atoms with E-state index in [0.717, 1.165) is 30.4 Å². The summed E-state index contributed by atoms with van der Waals surface area (Å²) in [5.74, 6) is -0.334. The van der Waals surface area contributed by atoms with Crippen molar-refractivity contribution in [3.63, 3.8) is 0 Å². The van der Waals surface area contributed by atoms with Crippen LogP contribution in [0.4, 0.5) is 0 Å². The molecule has 1 aliphatic heterocycles. The molecule has 6 heteroatoms. The Labute approximate surface area is 189 Å². The van der Waals surface area contributed by atoms with Crippen LogP contribution < -0.4 is 4.74 Å². The Morgan fingerprint density at radius 3 is 2.47 bits per heavy atom. The zero-order valence-electron chi connectivity index (χ0n) is 18.5. The van der Waals surface area contributed by atoms with E-state index in [0.29, 0.717) is 31.3 Å². The lowest BCUT2D eigenvalue weighted by Crippen LogP contribution is -2.52. The number of hydrogen-bond donors (Lipinski definition) is 1. The number of nitrogens with zero attached hydrogens (tertiary/aromatic N) is 1. The van der Waals surface area contributed by atoms with Crippen LogP contribution in [-0.2, 0) is 20.7 Å².